The molecule has 1 unspecified atom stereocenters. The molecule has 17 heavy (non-hydrogen) atoms. The average Bonchev–Trinajstić information content (AvgIpc) is 2.93. The third-order valence-corrected chi connectivity index (χ3v) is 4.11. The molecule has 0 radical (unpaired) electrons. The molecule has 2 aromatic rings. The van der Waals surface area contributed by atoms with E-state index < -0.39 is 0 Å². The minimum Gasteiger partial charge on any atom is -0.457 e. The van der Waals surface area contributed by atoms with Gasteiger partial charge in [-0.15, -0.1) is 10.2 Å². The van der Waals surface area contributed by atoms with Gasteiger partial charge < -0.3 is 9.73 Å². The molecule has 0 fully saturated rings. The highest BCUT2D eigenvalue weighted by Crippen LogP contribution is 2.32. The Morgan fingerprint density at radius 3 is 3.00 bits per heavy atom. The predicted octanol–water partition coefficient (Wildman–Crippen LogP) is 3.62. The highest BCUT2D eigenvalue weighted by molar-refractivity contribution is 9.10. The van der Waals surface area contributed by atoms with Crippen LogP contribution in [0.4, 0.5) is 0 Å². The van der Waals surface area contributed by atoms with Crippen molar-refractivity contribution in [3.05, 3.63) is 22.0 Å². The van der Waals surface area contributed by atoms with Crippen molar-refractivity contribution in [2.75, 3.05) is 6.54 Å². The maximum atomic E-state index is 5.19. The molecule has 0 saturated heterocycles. The predicted molar refractivity (Wildman–Crippen MR) is 72.0 cm³/mol. The molecule has 1 atom stereocenters. The summed E-state index contributed by atoms with van der Waals surface area (Å²) in [5.41, 5.74) is 0.955. The van der Waals surface area contributed by atoms with Crippen LogP contribution in [0.1, 0.15) is 31.3 Å². The Hall–Kier alpha value is -0.720. The molecule has 0 aliphatic heterocycles. The Kier molecular flexibility index (Phi) is 4.31. The van der Waals surface area contributed by atoms with Crippen LogP contribution in [0.25, 0.3) is 10.6 Å². The van der Waals surface area contributed by atoms with E-state index in [0.29, 0.717) is 4.67 Å². The molecular weight excluding hydrogens is 302 g/mol. The van der Waals surface area contributed by atoms with Crippen LogP contribution in [0.2, 0.25) is 0 Å². The molecule has 0 aromatic carbocycles. The largest absolute Gasteiger partial charge is 0.457 e. The molecule has 2 aromatic heterocycles. The molecule has 0 bridgehead atoms. The fraction of sp³-hybridized carbons (Fsp3) is 0.455. The SMILES string of the molecule is CCCNC(C)c1nnc(-c2ccoc2Br)s1. The summed E-state index contributed by atoms with van der Waals surface area (Å²) >= 11 is 4.94. The van der Waals surface area contributed by atoms with Gasteiger partial charge in [0.15, 0.2) is 9.68 Å². The lowest BCUT2D eigenvalue weighted by atomic mass is 10.3. The summed E-state index contributed by atoms with van der Waals surface area (Å²) in [6.45, 7) is 5.24. The Morgan fingerprint density at radius 1 is 1.53 bits per heavy atom. The van der Waals surface area contributed by atoms with E-state index in [-0.39, 0.29) is 6.04 Å². The Bertz CT molecular complexity index is 483. The van der Waals surface area contributed by atoms with E-state index in [0.717, 1.165) is 28.5 Å². The van der Waals surface area contributed by atoms with Gasteiger partial charge in [0.05, 0.1) is 17.9 Å². The van der Waals surface area contributed by atoms with E-state index in [1.165, 1.54) is 0 Å². The van der Waals surface area contributed by atoms with Gasteiger partial charge in [0.2, 0.25) is 0 Å². The zero-order chi connectivity index (χ0) is 12.3. The first-order valence-electron chi connectivity index (χ1n) is 5.52. The molecule has 4 nitrogen and oxygen atoms in total. The molecule has 1 N–H and O–H groups in total. The molecule has 6 heteroatoms. The molecule has 0 saturated carbocycles. The summed E-state index contributed by atoms with van der Waals surface area (Å²) in [5, 5.41) is 13.7. The maximum absolute atomic E-state index is 5.19. The second-order valence-corrected chi connectivity index (χ2v) is 5.46. The van der Waals surface area contributed by atoms with Crippen LogP contribution in [-0.2, 0) is 0 Å². The fourth-order valence-electron chi connectivity index (χ4n) is 1.41. The van der Waals surface area contributed by atoms with E-state index in [4.69, 9.17) is 4.42 Å². The van der Waals surface area contributed by atoms with Crippen molar-refractivity contribution < 1.29 is 4.42 Å². The van der Waals surface area contributed by atoms with Gasteiger partial charge in [0, 0.05) is 0 Å². The van der Waals surface area contributed by atoms with E-state index in [9.17, 15) is 0 Å². The number of nitrogens with one attached hydrogen (secondary N) is 1. The van der Waals surface area contributed by atoms with Crippen LogP contribution in [0, 0.1) is 0 Å². The lowest BCUT2D eigenvalue weighted by Crippen LogP contribution is -2.18. The van der Waals surface area contributed by atoms with Crippen LogP contribution in [0.3, 0.4) is 0 Å². The quantitative estimate of drug-likeness (QED) is 0.915. The summed E-state index contributed by atoms with van der Waals surface area (Å²) < 4.78 is 5.90. The van der Waals surface area contributed by atoms with Crippen LogP contribution in [0.5, 0.6) is 0 Å². The van der Waals surface area contributed by atoms with Crippen molar-refractivity contribution in [1.29, 1.82) is 0 Å². The number of nitrogens with zero attached hydrogens (tertiary/aromatic N) is 2. The maximum Gasteiger partial charge on any atom is 0.179 e. The zero-order valence-corrected chi connectivity index (χ0v) is 12.1. The van der Waals surface area contributed by atoms with E-state index >= 15 is 0 Å². The van der Waals surface area contributed by atoms with Crippen LogP contribution < -0.4 is 5.32 Å². The second-order valence-electron chi connectivity index (χ2n) is 3.73. The smallest absolute Gasteiger partial charge is 0.179 e. The topological polar surface area (TPSA) is 51.0 Å². The van der Waals surface area contributed by atoms with Gasteiger partial charge in [-0.25, -0.2) is 0 Å². The molecule has 2 heterocycles. The van der Waals surface area contributed by atoms with Gasteiger partial charge in [-0.05, 0) is 41.9 Å². The molecule has 0 aliphatic carbocycles. The van der Waals surface area contributed by atoms with E-state index in [2.05, 4.69) is 45.3 Å². The number of rotatable bonds is 5. The monoisotopic (exact) mass is 315 g/mol. The van der Waals surface area contributed by atoms with Gasteiger partial charge >= 0.3 is 0 Å². The highest BCUT2D eigenvalue weighted by Gasteiger charge is 2.15. The van der Waals surface area contributed by atoms with E-state index in [1.54, 1.807) is 17.6 Å². The Morgan fingerprint density at radius 2 is 2.35 bits per heavy atom. The minimum absolute atomic E-state index is 0.242. The van der Waals surface area contributed by atoms with Crippen LogP contribution >= 0.6 is 27.3 Å². The molecule has 0 aliphatic rings. The number of halogens is 1. The van der Waals surface area contributed by atoms with Crippen molar-refractivity contribution in [1.82, 2.24) is 15.5 Å². The number of furan rings is 1. The first-order valence-corrected chi connectivity index (χ1v) is 7.13. The van der Waals surface area contributed by atoms with Crippen molar-refractivity contribution in [3.63, 3.8) is 0 Å². The van der Waals surface area contributed by atoms with Gasteiger partial charge in [0.1, 0.15) is 5.01 Å². The van der Waals surface area contributed by atoms with Crippen molar-refractivity contribution in [3.8, 4) is 10.6 Å². The number of hydrogen-bond donors (Lipinski definition) is 1. The second kappa shape index (κ2) is 5.75. The Balaban J connectivity index is 2.13. The lowest BCUT2D eigenvalue weighted by Gasteiger charge is -2.08. The van der Waals surface area contributed by atoms with Crippen molar-refractivity contribution >= 4 is 27.3 Å². The lowest BCUT2D eigenvalue weighted by molar-refractivity contribution is 0.542. The minimum atomic E-state index is 0.242. The van der Waals surface area contributed by atoms with Gasteiger partial charge in [-0.3, -0.25) is 0 Å². The van der Waals surface area contributed by atoms with Gasteiger partial charge in [-0.2, -0.15) is 0 Å². The summed E-state index contributed by atoms with van der Waals surface area (Å²) in [6, 6.07) is 2.13. The molecular formula is C11H14BrN3OS. The van der Waals surface area contributed by atoms with Crippen LogP contribution in [0.15, 0.2) is 21.4 Å². The van der Waals surface area contributed by atoms with Crippen molar-refractivity contribution in [2.24, 2.45) is 0 Å². The summed E-state index contributed by atoms with van der Waals surface area (Å²) in [7, 11) is 0. The highest BCUT2D eigenvalue weighted by atomic mass is 79.9. The first-order chi connectivity index (χ1) is 8.22. The Labute approximate surface area is 113 Å². The third-order valence-electron chi connectivity index (χ3n) is 2.36. The van der Waals surface area contributed by atoms with E-state index in [1.807, 2.05) is 6.07 Å². The molecule has 2 rings (SSSR count). The van der Waals surface area contributed by atoms with Crippen molar-refractivity contribution in [2.45, 2.75) is 26.3 Å². The molecule has 0 amide bonds. The normalized spacial score (nSPS) is 12.9. The number of aromatic nitrogens is 2. The standard InChI is InChI=1S/C11H14BrN3OS/c1-3-5-13-7(2)10-14-15-11(17-10)8-4-6-16-9(8)12/h4,6-7,13H,3,5H2,1-2H3. The number of hydrogen-bond acceptors (Lipinski definition) is 5. The summed E-state index contributed by atoms with van der Waals surface area (Å²) in [6.07, 6.45) is 2.75. The summed E-state index contributed by atoms with van der Waals surface area (Å²) in [5.74, 6) is 0. The van der Waals surface area contributed by atoms with Crippen LogP contribution in [-0.4, -0.2) is 16.7 Å². The van der Waals surface area contributed by atoms with Gasteiger partial charge in [0.25, 0.3) is 0 Å². The fourth-order valence-corrected chi connectivity index (χ4v) is 2.86. The first kappa shape index (κ1) is 12.7. The molecule has 0 spiro atoms. The zero-order valence-electron chi connectivity index (χ0n) is 9.74. The van der Waals surface area contributed by atoms with Gasteiger partial charge in [-0.1, -0.05) is 18.3 Å². The summed E-state index contributed by atoms with van der Waals surface area (Å²) in [4.78, 5) is 0. The average molecular weight is 316 g/mol. The molecule has 92 valence electrons. The third kappa shape index (κ3) is 2.94.